The lowest BCUT2D eigenvalue weighted by atomic mass is 9.93. The average molecular weight is 194 g/mol. The molecule has 0 aromatic carbocycles. The predicted octanol–water partition coefficient (Wildman–Crippen LogP) is 1.17. The molecule has 0 spiro atoms. The second-order valence-corrected chi connectivity index (χ2v) is 4.70. The van der Waals surface area contributed by atoms with Crippen LogP contribution >= 0.6 is 0 Å². The second-order valence-electron chi connectivity index (χ2n) is 4.70. The van der Waals surface area contributed by atoms with Gasteiger partial charge in [0.25, 0.3) is 0 Å². The van der Waals surface area contributed by atoms with Crippen LogP contribution in [0.5, 0.6) is 0 Å². The van der Waals surface area contributed by atoms with E-state index >= 15 is 0 Å². The third kappa shape index (κ3) is 0.937. The van der Waals surface area contributed by atoms with Crippen molar-refractivity contribution in [2.75, 3.05) is 0 Å². The van der Waals surface area contributed by atoms with Crippen molar-refractivity contribution in [3.05, 3.63) is 18.2 Å². The van der Waals surface area contributed by atoms with Crippen molar-refractivity contribution in [3.63, 3.8) is 0 Å². The summed E-state index contributed by atoms with van der Waals surface area (Å²) in [6.45, 7) is 3.94. The molecule has 1 fully saturated rings. The van der Waals surface area contributed by atoms with Gasteiger partial charge in [-0.1, -0.05) is 13.8 Å². The van der Waals surface area contributed by atoms with E-state index < -0.39 is 11.4 Å². The molecule has 14 heavy (non-hydrogen) atoms. The zero-order valence-corrected chi connectivity index (χ0v) is 8.61. The topological polar surface area (TPSA) is 55.1 Å². The van der Waals surface area contributed by atoms with Crippen molar-refractivity contribution < 1.29 is 9.90 Å². The summed E-state index contributed by atoms with van der Waals surface area (Å²) in [5.41, 5.74) is -0.251. The normalized spacial score (nSPS) is 28.8. The first-order chi connectivity index (χ1) is 6.40. The van der Waals surface area contributed by atoms with E-state index in [1.165, 1.54) is 0 Å². The van der Waals surface area contributed by atoms with Gasteiger partial charge in [-0.25, -0.2) is 4.98 Å². The van der Waals surface area contributed by atoms with Crippen LogP contribution in [0.3, 0.4) is 0 Å². The zero-order valence-electron chi connectivity index (χ0n) is 8.61. The monoisotopic (exact) mass is 194 g/mol. The van der Waals surface area contributed by atoms with E-state index in [0.717, 1.165) is 0 Å². The van der Waals surface area contributed by atoms with E-state index in [-0.39, 0.29) is 5.41 Å². The highest BCUT2D eigenvalue weighted by atomic mass is 16.4. The van der Waals surface area contributed by atoms with E-state index in [9.17, 15) is 9.90 Å². The van der Waals surface area contributed by atoms with E-state index in [4.69, 9.17) is 0 Å². The van der Waals surface area contributed by atoms with Gasteiger partial charge in [0.05, 0.1) is 12.0 Å². The fourth-order valence-electron chi connectivity index (χ4n) is 2.16. The van der Waals surface area contributed by atoms with Crippen molar-refractivity contribution in [2.45, 2.75) is 25.7 Å². The predicted molar refractivity (Wildman–Crippen MR) is 50.9 cm³/mol. The number of aryl methyl sites for hydroxylation is 1. The Morgan fingerprint density at radius 1 is 1.64 bits per heavy atom. The molecule has 1 heterocycles. The molecule has 1 aromatic rings. The molecule has 0 radical (unpaired) electrons. The minimum Gasteiger partial charge on any atom is -0.481 e. The number of carboxylic acid groups (broad SMARTS) is 1. The van der Waals surface area contributed by atoms with Crippen LogP contribution in [0.4, 0.5) is 0 Å². The van der Waals surface area contributed by atoms with Crippen molar-refractivity contribution >= 4 is 5.97 Å². The Morgan fingerprint density at radius 3 is 2.50 bits per heavy atom. The Bertz CT molecular complexity index is 395. The van der Waals surface area contributed by atoms with Crippen LogP contribution in [-0.2, 0) is 17.3 Å². The van der Waals surface area contributed by atoms with Crippen molar-refractivity contribution in [2.24, 2.45) is 12.5 Å². The number of hydrogen-bond acceptors (Lipinski definition) is 2. The molecule has 76 valence electrons. The minimum atomic E-state index is -0.763. The number of hydrogen-bond donors (Lipinski definition) is 1. The molecule has 0 aliphatic heterocycles. The second kappa shape index (κ2) is 2.38. The van der Waals surface area contributed by atoms with Crippen LogP contribution in [-0.4, -0.2) is 20.6 Å². The molecule has 4 nitrogen and oxygen atoms in total. The zero-order chi connectivity index (χ0) is 10.6. The van der Waals surface area contributed by atoms with Gasteiger partial charge in [0, 0.05) is 13.2 Å². The molecule has 0 saturated heterocycles. The maximum atomic E-state index is 11.3. The Morgan fingerprint density at radius 2 is 2.21 bits per heavy atom. The maximum Gasteiger partial charge on any atom is 0.316 e. The first-order valence-corrected chi connectivity index (χ1v) is 4.62. The maximum absolute atomic E-state index is 11.3. The molecule has 1 N–H and O–H groups in total. The van der Waals surface area contributed by atoms with Gasteiger partial charge in [0.2, 0.25) is 0 Å². The fraction of sp³-hybridized carbons (Fsp3) is 0.600. The summed E-state index contributed by atoms with van der Waals surface area (Å²) in [6.07, 6.45) is 4.11. The summed E-state index contributed by atoms with van der Waals surface area (Å²) in [6, 6.07) is 0. The standard InChI is InChI=1S/C10H14N2O2/c1-9(2)5-10(9,8(13)14)7-4-12(3)6-11-7/h4,6H,5H2,1-3H3,(H,13,14). The van der Waals surface area contributed by atoms with E-state index in [1.807, 2.05) is 20.9 Å². The van der Waals surface area contributed by atoms with Gasteiger partial charge in [-0.15, -0.1) is 0 Å². The van der Waals surface area contributed by atoms with Crippen LogP contribution in [0, 0.1) is 5.41 Å². The van der Waals surface area contributed by atoms with Gasteiger partial charge in [-0.05, 0) is 11.8 Å². The van der Waals surface area contributed by atoms with Gasteiger partial charge in [0.15, 0.2) is 0 Å². The van der Waals surface area contributed by atoms with Crippen LogP contribution in [0.15, 0.2) is 12.5 Å². The molecule has 1 aliphatic rings. The Labute approximate surface area is 82.6 Å². The first-order valence-electron chi connectivity index (χ1n) is 4.62. The Balaban J connectivity index is 2.46. The number of rotatable bonds is 2. The van der Waals surface area contributed by atoms with Crippen molar-refractivity contribution in [1.82, 2.24) is 9.55 Å². The van der Waals surface area contributed by atoms with Crippen LogP contribution < -0.4 is 0 Å². The highest BCUT2D eigenvalue weighted by Crippen LogP contribution is 2.63. The number of nitrogens with zero attached hydrogens (tertiary/aromatic N) is 2. The lowest BCUT2D eigenvalue weighted by Gasteiger charge is -2.12. The molecule has 1 aromatic heterocycles. The number of carboxylic acids is 1. The van der Waals surface area contributed by atoms with Gasteiger partial charge >= 0.3 is 5.97 Å². The quantitative estimate of drug-likeness (QED) is 0.769. The summed E-state index contributed by atoms with van der Waals surface area (Å²) >= 11 is 0. The lowest BCUT2D eigenvalue weighted by molar-refractivity contribution is -0.141. The molecular formula is C10H14N2O2. The van der Waals surface area contributed by atoms with Crippen molar-refractivity contribution in [3.8, 4) is 0 Å². The molecule has 2 rings (SSSR count). The van der Waals surface area contributed by atoms with E-state index in [1.54, 1.807) is 17.1 Å². The molecule has 4 heteroatoms. The molecule has 1 saturated carbocycles. The van der Waals surface area contributed by atoms with Gasteiger partial charge in [0.1, 0.15) is 5.41 Å². The first kappa shape index (κ1) is 9.24. The summed E-state index contributed by atoms with van der Waals surface area (Å²) in [7, 11) is 1.85. The van der Waals surface area contributed by atoms with E-state index in [0.29, 0.717) is 12.1 Å². The fourth-order valence-corrected chi connectivity index (χ4v) is 2.16. The minimum absolute atomic E-state index is 0.173. The highest BCUT2D eigenvalue weighted by Gasteiger charge is 2.69. The third-order valence-electron chi connectivity index (χ3n) is 3.24. The third-order valence-corrected chi connectivity index (χ3v) is 3.24. The Hall–Kier alpha value is -1.32. The summed E-state index contributed by atoms with van der Waals surface area (Å²) in [5.74, 6) is -0.763. The number of carbonyl (C=O) groups is 1. The summed E-state index contributed by atoms with van der Waals surface area (Å²) in [4.78, 5) is 15.4. The number of imidazole rings is 1. The van der Waals surface area contributed by atoms with E-state index in [2.05, 4.69) is 4.98 Å². The summed E-state index contributed by atoms with van der Waals surface area (Å²) < 4.78 is 1.79. The average Bonchev–Trinajstić information content (AvgIpc) is 2.44. The van der Waals surface area contributed by atoms with Crippen molar-refractivity contribution in [1.29, 1.82) is 0 Å². The molecule has 1 atom stereocenters. The highest BCUT2D eigenvalue weighted by molar-refractivity contribution is 5.86. The molecule has 0 bridgehead atoms. The molecular weight excluding hydrogens is 180 g/mol. The number of aliphatic carboxylic acids is 1. The van der Waals surface area contributed by atoms with Crippen LogP contribution in [0.1, 0.15) is 26.0 Å². The molecule has 1 unspecified atom stereocenters. The summed E-state index contributed by atoms with van der Waals surface area (Å²) in [5, 5.41) is 9.25. The van der Waals surface area contributed by atoms with Gasteiger partial charge in [-0.3, -0.25) is 4.79 Å². The number of aromatic nitrogens is 2. The van der Waals surface area contributed by atoms with Gasteiger partial charge < -0.3 is 9.67 Å². The van der Waals surface area contributed by atoms with Gasteiger partial charge in [-0.2, -0.15) is 0 Å². The van der Waals surface area contributed by atoms with Crippen LogP contribution in [0.2, 0.25) is 0 Å². The largest absolute Gasteiger partial charge is 0.481 e. The SMILES string of the molecule is Cn1cnc(C2(C(=O)O)CC2(C)C)c1. The van der Waals surface area contributed by atoms with Crippen LogP contribution in [0.25, 0.3) is 0 Å². The smallest absolute Gasteiger partial charge is 0.316 e. The lowest BCUT2D eigenvalue weighted by Crippen LogP contribution is -2.25. The molecule has 0 amide bonds. The Kier molecular flexibility index (Phi) is 1.57. The molecule has 1 aliphatic carbocycles.